The Morgan fingerprint density at radius 3 is 2.89 bits per heavy atom. The molecule has 19 heavy (non-hydrogen) atoms. The van der Waals surface area contributed by atoms with E-state index in [0.717, 1.165) is 25.3 Å². The third kappa shape index (κ3) is 3.90. The fourth-order valence-electron chi connectivity index (χ4n) is 2.61. The van der Waals surface area contributed by atoms with Gasteiger partial charge in [0.05, 0.1) is 6.61 Å². The van der Waals surface area contributed by atoms with Crippen molar-refractivity contribution in [3.8, 4) is 5.75 Å². The van der Waals surface area contributed by atoms with Gasteiger partial charge in [-0.3, -0.25) is 0 Å². The van der Waals surface area contributed by atoms with Crippen LogP contribution < -0.4 is 10.1 Å². The van der Waals surface area contributed by atoms with E-state index in [4.69, 9.17) is 4.74 Å². The molecule has 3 heteroatoms. The van der Waals surface area contributed by atoms with Crippen molar-refractivity contribution in [3.05, 3.63) is 29.8 Å². The molecule has 1 fully saturated rings. The minimum absolute atomic E-state index is 0.422. The smallest absolute Gasteiger partial charge is 0.124 e. The predicted molar refractivity (Wildman–Crippen MR) is 84.1 cm³/mol. The highest BCUT2D eigenvalue weighted by molar-refractivity contribution is 8.00. The van der Waals surface area contributed by atoms with Crippen LogP contribution in [0.25, 0.3) is 0 Å². The van der Waals surface area contributed by atoms with Gasteiger partial charge in [0.25, 0.3) is 0 Å². The van der Waals surface area contributed by atoms with E-state index in [9.17, 15) is 0 Å². The Morgan fingerprint density at radius 1 is 1.37 bits per heavy atom. The predicted octanol–water partition coefficient (Wildman–Crippen LogP) is 4.02. The van der Waals surface area contributed by atoms with Gasteiger partial charge in [-0.05, 0) is 37.6 Å². The van der Waals surface area contributed by atoms with E-state index < -0.39 is 0 Å². The maximum absolute atomic E-state index is 5.92. The molecule has 2 atom stereocenters. The van der Waals surface area contributed by atoms with Crippen molar-refractivity contribution in [2.45, 2.75) is 44.4 Å². The zero-order valence-electron chi connectivity index (χ0n) is 12.0. The average molecular weight is 279 g/mol. The molecule has 2 nitrogen and oxygen atoms in total. The van der Waals surface area contributed by atoms with Crippen LogP contribution in [0.3, 0.4) is 0 Å². The van der Waals surface area contributed by atoms with Crippen molar-refractivity contribution in [1.29, 1.82) is 0 Å². The van der Waals surface area contributed by atoms with Crippen LogP contribution in [-0.4, -0.2) is 24.2 Å². The largest absolute Gasteiger partial charge is 0.493 e. The lowest BCUT2D eigenvalue weighted by Crippen LogP contribution is -2.29. The summed E-state index contributed by atoms with van der Waals surface area (Å²) in [4.78, 5) is 0. The number of hydrogen-bond donors (Lipinski definition) is 1. The van der Waals surface area contributed by atoms with E-state index in [2.05, 4.69) is 55.2 Å². The lowest BCUT2D eigenvalue weighted by atomic mass is 9.99. The lowest BCUT2D eigenvalue weighted by Gasteiger charge is -2.26. The van der Waals surface area contributed by atoms with Gasteiger partial charge >= 0.3 is 0 Å². The zero-order chi connectivity index (χ0) is 13.5. The van der Waals surface area contributed by atoms with Crippen LogP contribution in [-0.2, 0) is 0 Å². The Balaban J connectivity index is 2.19. The first-order chi connectivity index (χ1) is 9.36. The summed E-state index contributed by atoms with van der Waals surface area (Å²) < 4.78 is 5.92. The second kappa shape index (κ2) is 7.81. The molecule has 1 aromatic rings. The summed E-state index contributed by atoms with van der Waals surface area (Å²) in [5.41, 5.74) is 1.33. The van der Waals surface area contributed by atoms with Crippen LogP contribution in [0.4, 0.5) is 0 Å². The topological polar surface area (TPSA) is 21.3 Å². The van der Waals surface area contributed by atoms with Gasteiger partial charge in [0.2, 0.25) is 0 Å². The van der Waals surface area contributed by atoms with Crippen molar-refractivity contribution in [3.63, 3.8) is 0 Å². The second-order valence-corrected chi connectivity index (χ2v) is 6.32. The zero-order valence-corrected chi connectivity index (χ0v) is 12.8. The van der Waals surface area contributed by atoms with Crippen LogP contribution in [0.1, 0.15) is 44.7 Å². The number of benzene rings is 1. The number of thioether (sulfide) groups is 1. The molecule has 2 unspecified atom stereocenters. The molecule has 0 amide bonds. The number of hydrogen-bond acceptors (Lipinski definition) is 3. The molecular weight excluding hydrogens is 254 g/mol. The van der Waals surface area contributed by atoms with Gasteiger partial charge in [-0.25, -0.2) is 0 Å². The molecular formula is C16H25NOS. The molecule has 106 valence electrons. The molecule has 1 aromatic carbocycles. The van der Waals surface area contributed by atoms with Gasteiger partial charge in [0.15, 0.2) is 0 Å². The minimum Gasteiger partial charge on any atom is -0.493 e. The highest BCUT2D eigenvalue weighted by atomic mass is 32.2. The van der Waals surface area contributed by atoms with Crippen molar-refractivity contribution in [1.82, 2.24) is 5.32 Å². The monoisotopic (exact) mass is 279 g/mol. The van der Waals surface area contributed by atoms with Gasteiger partial charge in [-0.1, -0.05) is 32.0 Å². The molecule has 0 aromatic heterocycles. The van der Waals surface area contributed by atoms with Crippen molar-refractivity contribution < 1.29 is 4.74 Å². The molecule has 0 radical (unpaired) electrons. The first-order valence-electron chi connectivity index (χ1n) is 7.43. The maximum Gasteiger partial charge on any atom is 0.124 e. The van der Waals surface area contributed by atoms with Gasteiger partial charge in [0, 0.05) is 16.9 Å². The molecule has 1 saturated heterocycles. The maximum atomic E-state index is 5.92. The SMILES string of the molecule is CCCOc1ccccc1C(NCC)C1CCCS1. The third-order valence-electron chi connectivity index (χ3n) is 3.48. The second-order valence-electron chi connectivity index (χ2n) is 4.97. The van der Waals surface area contributed by atoms with E-state index in [1.165, 1.54) is 24.2 Å². The first kappa shape index (κ1) is 14.7. The highest BCUT2D eigenvalue weighted by Gasteiger charge is 2.28. The molecule has 1 N–H and O–H groups in total. The molecule has 0 saturated carbocycles. The summed E-state index contributed by atoms with van der Waals surface area (Å²) in [5, 5.41) is 4.34. The summed E-state index contributed by atoms with van der Waals surface area (Å²) in [7, 11) is 0. The summed E-state index contributed by atoms with van der Waals surface area (Å²) in [5.74, 6) is 2.35. The quantitative estimate of drug-likeness (QED) is 0.814. The Hall–Kier alpha value is -0.670. The number of rotatable bonds is 7. The van der Waals surface area contributed by atoms with Crippen LogP contribution in [0.5, 0.6) is 5.75 Å². The summed E-state index contributed by atoms with van der Waals surface area (Å²) >= 11 is 2.10. The summed E-state index contributed by atoms with van der Waals surface area (Å²) in [6.45, 7) is 6.14. The summed E-state index contributed by atoms with van der Waals surface area (Å²) in [6.07, 6.45) is 3.71. The highest BCUT2D eigenvalue weighted by Crippen LogP contribution is 2.38. The minimum atomic E-state index is 0.422. The molecule has 0 bridgehead atoms. The molecule has 2 rings (SSSR count). The van der Waals surface area contributed by atoms with E-state index in [-0.39, 0.29) is 0 Å². The van der Waals surface area contributed by atoms with E-state index >= 15 is 0 Å². The Morgan fingerprint density at radius 2 is 2.21 bits per heavy atom. The fourth-order valence-corrected chi connectivity index (χ4v) is 4.01. The normalized spacial score (nSPS) is 20.4. The number of ether oxygens (including phenoxy) is 1. The molecule has 1 aliphatic heterocycles. The van der Waals surface area contributed by atoms with Crippen molar-refractivity contribution in [2.24, 2.45) is 0 Å². The Kier molecular flexibility index (Phi) is 6.05. The number of para-hydroxylation sites is 1. The lowest BCUT2D eigenvalue weighted by molar-refractivity contribution is 0.309. The van der Waals surface area contributed by atoms with Crippen LogP contribution in [0, 0.1) is 0 Å². The fraction of sp³-hybridized carbons (Fsp3) is 0.625. The van der Waals surface area contributed by atoms with E-state index in [0.29, 0.717) is 11.3 Å². The van der Waals surface area contributed by atoms with Gasteiger partial charge in [0.1, 0.15) is 5.75 Å². The molecule has 0 aliphatic carbocycles. The van der Waals surface area contributed by atoms with Gasteiger partial charge < -0.3 is 10.1 Å². The number of nitrogens with one attached hydrogen (secondary N) is 1. The standard InChI is InChI=1S/C16H25NOS/c1-3-11-18-14-9-6-5-8-13(14)16(17-4-2)15-10-7-12-19-15/h5-6,8-9,15-17H,3-4,7,10-12H2,1-2H3. The van der Waals surface area contributed by atoms with E-state index in [1.54, 1.807) is 0 Å². The third-order valence-corrected chi connectivity index (χ3v) is 4.94. The van der Waals surface area contributed by atoms with Crippen LogP contribution in [0.15, 0.2) is 24.3 Å². The first-order valence-corrected chi connectivity index (χ1v) is 8.48. The average Bonchev–Trinajstić information content (AvgIpc) is 2.97. The summed E-state index contributed by atoms with van der Waals surface area (Å²) in [6, 6.07) is 8.94. The molecule has 1 heterocycles. The van der Waals surface area contributed by atoms with Crippen molar-refractivity contribution in [2.75, 3.05) is 18.9 Å². The van der Waals surface area contributed by atoms with E-state index in [1.807, 2.05) is 0 Å². The van der Waals surface area contributed by atoms with Crippen LogP contribution in [0.2, 0.25) is 0 Å². The molecule has 0 spiro atoms. The Labute approximate surface area is 121 Å². The van der Waals surface area contributed by atoms with Gasteiger partial charge in [-0.15, -0.1) is 0 Å². The Bertz CT molecular complexity index is 377. The van der Waals surface area contributed by atoms with Gasteiger partial charge in [-0.2, -0.15) is 11.8 Å². The molecule has 1 aliphatic rings. The van der Waals surface area contributed by atoms with Crippen molar-refractivity contribution >= 4 is 11.8 Å². The van der Waals surface area contributed by atoms with Crippen LogP contribution >= 0.6 is 11.8 Å².